The van der Waals surface area contributed by atoms with Crippen molar-refractivity contribution >= 4 is 18.3 Å². The number of rotatable bonds is 8. The van der Waals surface area contributed by atoms with Gasteiger partial charge in [0, 0.05) is 23.9 Å². The molecule has 3 aromatic rings. The predicted molar refractivity (Wildman–Crippen MR) is 120 cm³/mol. The Kier molecular flexibility index (Phi) is 8.00. The summed E-state index contributed by atoms with van der Waals surface area (Å²) in [5.74, 6) is -0.135. The molecule has 3 N–H and O–H groups in total. The van der Waals surface area contributed by atoms with E-state index in [0.29, 0.717) is 19.5 Å². The Bertz CT molecular complexity index is 907. The summed E-state index contributed by atoms with van der Waals surface area (Å²) in [5.41, 5.74) is 9.36. The van der Waals surface area contributed by atoms with Crippen LogP contribution in [0, 0.1) is 0 Å². The van der Waals surface area contributed by atoms with Crippen LogP contribution < -0.4 is 11.1 Å². The molecule has 3 rings (SSSR count). The Morgan fingerprint density at radius 1 is 1.10 bits per heavy atom. The van der Waals surface area contributed by atoms with E-state index in [1.165, 1.54) is 5.56 Å². The van der Waals surface area contributed by atoms with Crippen molar-refractivity contribution in [2.24, 2.45) is 5.73 Å². The van der Waals surface area contributed by atoms with E-state index in [1.807, 2.05) is 66.3 Å². The number of hydrogen-bond donors (Lipinski definition) is 2. The Hall–Kier alpha value is -2.63. The van der Waals surface area contributed by atoms with E-state index in [0.717, 1.165) is 23.2 Å². The highest BCUT2D eigenvalue weighted by atomic mass is 35.5. The number of amides is 1. The molecule has 0 bridgehead atoms. The average molecular weight is 413 g/mol. The number of nitrogens with zero attached hydrogens (tertiary/aromatic N) is 2. The van der Waals surface area contributed by atoms with E-state index in [4.69, 9.17) is 10.8 Å². The smallest absolute Gasteiger partial charge is 0.240 e. The molecule has 154 valence electrons. The monoisotopic (exact) mass is 412 g/mol. The van der Waals surface area contributed by atoms with Gasteiger partial charge in [-0.2, -0.15) is 5.10 Å². The van der Waals surface area contributed by atoms with Crippen LogP contribution in [0.1, 0.15) is 37.8 Å². The SMILES string of the molecule is CCCC(C)(N)C(=O)NCc1cn(Cc2ccccc2)nc1-c1ccccc1.Cl. The zero-order valence-corrected chi connectivity index (χ0v) is 17.8. The Morgan fingerprint density at radius 2 is 1.72 bits per heavy atom. The van der Waals surface area contributed by atoms with Gasteiger partial charge in [0.05, 0.1) is 17.8 Å². The highest BCUT2D eigenvalue weighted by molar-refractivity contribution is 5.86. The molecule has 0 fully saturated rings. The van der Waals surface area contributed by atoms with Gasteiger partial charge in [0.1, 0.15) is 0 Å². The Morgan fingerprint density at radius 3 is 2.34 bits per heavy atom. The zero-order valence-electron chi connectivity index (χ0n) is 17.0. The lowest BCUT2D eigenvalue weighted by Gasteiger charge is -2.22. The van der Waals surface area contributed by atoms with Crippen LogP contribution in [0.5, 0.6) is 0 Å². The van der Waals surface area contributed by atoms with E-state index in [9.17, 15) is 4.79 Å². The van der Waals surface area contributed by atoms with E-state index in [-0.39, 0.29) is 18.3 Å². The molecule has 29 heavy (non-hydrogen) atoms. The number of benzene rings is 2. The first kappa shape index (κ1) is 22.7. The van der Waals surface area contributed by atoms with Gasteiger partial charge in [0.25, 0.3) is 0 Å². The molecule has 0 radical (unpaired) electrons. The molecule has 6 heteroatoms. The predicted octanol–water partition coefficient (Wildman–Crippen LogP) is 4.15. The molecule has 0 saturated heterocycles. The number of hydrogen-bond acceptors (Lipinski definition) is 3. The van der Waals surface area contributed by atoms with Gasteiger partial charge in [-0.15, -0.1) is 12.4 Å². The normalized spacial score (nSPS) is 12.7. The molecule has 1 amide bonds. The third-order valence-electron chi connectivity index (χ3n) is 4.80. The summed E-state index contributed by atoms with van der Waals surface area (Å²) in [6.45, 7) is 4.88. The fourth-order valence-corrected chi connectivity index (χ4v) is 3.29. The second-order valence-corrected chi connectivity index (χ2v) is 7.40. The van der Waals surface area contributed by atoms with Gasteiger partial charge in [0.15, 0.2) is 0 Å². The molecule has 1 aromatic heterocycles. The standard InChI is InChI=1S/C23H28N4O.ClH/c1-3-14-23(2,24)22(28)25-15-20-17-27(16-18-10-6-4-7-11-18)26-21(20)19-12-8-5-9-13-19;/h4-13,17H,3,14-16,24H2,1-2H3,(H,25,28);1H. The molecule has 1 unspecified atom stereocenters. The summed E-state index contributed by atoms with van der Waals surface area (Å²) in [4.78, 5) is 12.5. The van der Waals surface area contributed by atoms with Crippen LogP contribution in [0.15, 0.2) is 66.9 Å². The molecule has 0 aliphatic rings. The molecular formula is C23H29ClN4O. The van der Waals surface area contributed by atoms with Crippen molar-refractivity contribution in [1.29, 1.82) is 0 Å². The van der Waals surface area contributed by atoms with Crippen LogP contribution in [0.25, 0.3) is 11.3 Å². The lowest BCUT2D eigenvalue weighted by molar-refractivity contribution is -0.126. The lowest BCUT2D eigenvalue weighted by atomic mass is 9.96. The van der Waals surface area contributed by atoms with Gasteiger partial charge in [-0.05, 0) is 18.9 Å². The first-order chi connectivity index (χ1) is 13.5. The first-order valence-corrected chi connectivity index (χ1v) is 9.72. The average Bonchev–Trinajstić information content (AvgIpc) is 3.10. The van der Waals surface area contributed by atoms with Crippen molar-refractivity contribution < 1.29 is 4.79 Å². The molecule has 1 heterocycles. The van der Waals surface area contributed by atoms with Gasteiger partial charge in [-0.1, -0.05) is 74.0 Å². The minimum Gasteiger partial charge on any atom is -0.350 e. The second-order valence-electron chi connectivity index (χ2n) is 7.40. The number of carbonyl (C=O) groups is 1. The highest BCUT2D eigenvalue weighted by Gasteiger charge is 2.27. The Balaban J connectivity index is 0.00000300. The van der Waals surface area contributed by atoms with E-state index < -0.39 is 5.54 Å². The fourth-order valence-electron chi connectivity index (χ4n) is 3.29. The van der Waals surface area contributed by atoms with Gasteiger partial charge in [-0.3, -0.25) is 9.48 Å². The number of halogens is 1. The zero-order chi connectivity index (χ0) is 20.0. The molecule has 5 nitrogen and oxygen atoms in total. The van der Waals surface area contributed by atoms with Crippen molar-refractivity contribution in [2.45, 2.75) is 45.3 Å². The minimum atomic E-state index is -0.859. The van der Waals surface area contributed by atoms with Crippen LogP contribution >= 0.6 is 12.4 Å². The number of nitrogens with two attached hydrogens (primary N) is 1. The van der Waals surface area contributed by atoms with Crippen LogP contribution in [-0.2, 0) is 17.9 Å². The topological polar surface area (TPSA) is 72.9 Å². The molecule has 1 atom stereocenters. The summed E-state index contributed by atoms with van der Waals surface area (Å²) in [5, 5.41) is 7.78. The molecule has 0 spiro atoms. The molecular weight excluding hydrogens is 384 g/mol. The summed E-state index contributed by atoms with van der Waals surface area (Å²) in [7, 11) is 0. The van der Waals surface area contributed by atoms with Gasteiger partial charge < -0.3 is 11.1 Å². The van der Waals surface area contributed by atoms with Crippen molar-refractivity contribution in [1.82, 2.24) is 15.1 Å². The largest absolute Gasteiger partial charge is 0.350 e. The van der Waals surface area contributed by atoms with Crippen LogP contribution in [0.4, 0.5) is 0 Å². The lowest BCUT2D eigenvalue weighted by Crippen LogP contribution is -2.51. The molecule has 0 saturated carbocycles. The summed E-state index contributed by atoms with van der Waals surface area (Å²) >= 11 is 0. The van der Waals surface area contributed by atoms with Crippen LogP contribution in [0.3, 0.4) is 0 Å². The third-order valence-corrected chi connectivity index (χ3v) is 4.80. The van der Waals surface area contributed by atoms with Crippen molar-refractivity contribution in [3.05, 3.63) is 78.0 Å². The van der Waals surface area contributed by atoms with Gasteiger partial charge in [-0.25, -0.2) is 0 Å². The van der Waals surface area contributed by atoms with Crippen molar-refractivity contribution in [3.63, 3.8) is 0 Å². The minimum absolute atomic E-state index is 0. The van der Waals surface area contributed by atoms with Crippen LogP contribution in [0.2, 0.25) is 0 Å². The van der Waals surface area contributed by atoms with E-state index >= 15 is 0 Å². The van der Waals surface area contributed by atoms with Crippen molar-refractivity contribution in [2.75, 3.05) is 0 Å². The summed E-state index contributed by atoms with van der Waals surface area (Å²) in [6, 6.07) is 20.2. The summed E-state index contributed by atoms with van der Waals surface area (Å²) < 4.78 is 1.92. The van der Waals surface area contributed by atoms with E-state index in [2.05, 4.69) is 17.4 Å². The fraction of sp³-hybridized carbons (Fsp3) is 0.304. The first-order valence-electron chi connectivity index (χ1n) is 9.72. The number of aromatic nitrogens is 2. The molecule has 0 aliphatic heterocycles. The van der Waals surface area contributed by atoms with Crippen LogP contribution in [-0.4, -0.2) is 21.2 Å². The van der Waals surface area contributed by atoms with E-state index in [1.54, 1.807) is 6.92 Å². The van der Waals surface area contributed by atoms with Gasteiger partial charge in [0.2, 0.25) is 5.91 Å². The van der Waals surface area contributed by atoms with Gasteiger partial charge >= 0.3 is 0 Å². The third kappa shape index (κ3) is 5.92. The maximum absolute atomic E-state index is 12.5. The Labute approximate surface area is 178 Å². The molecule has 0 aliphatic carbocycles. The number of carbonyl (C=O) groups excluding carboxylic acids is 1. The quantitative estimate of drug-likeness (QED) is 0.583. The second kappa shape index (κ2) is 10.2. The summed E-state index contributed by atoms with van der Waals surface area (Å²) in [6.07, 6.45) is 3.52. The number of nitrogens with one attached hydrogen (secondary N) is 1. The van der Waals surface area contributed by atoms with Crippen molar-refractivity contribution in [3.8, 4) is 11.3 Å². The molecule has 2 aromatic carbocycles. The highest BCUT2D eigenvalue weighted by Crippen LogP contribution is 2.22. The maximum Gasteiger partial charge on any atom is 0.240 e. The maximum atomic E-state index is 12.5.